The zero-order valence-corrected chi connectivity index (χ0v) is 20.9. The van der Waals surface area contributed by atoms with E-state index in [-0.39, 0.29) is 11.3 Å². The molecule has 0 spiro atoms. The van der Waals surface area contributed by atoms with E-state index in [0.29, 0.717) is 38.9 Å². The van der Waals surface area contributed by atoms with Crippen LogP contribution in [-0.2, 0) is 9.59 Å². The molecule has 3 aromatic carbocycles. The van der Waals surface area contributed by atoms with Crippen LogP contribution in [0, 0.1) is 20.8 Å². The number of hydrogen-bond acceptors (Lipinski definition) is 5. The zero-order valence-electron chi connectivity index (χ0n) is 20.2. The van der Waals surface area contributed by atoms with Crippen LogP contribution in [0.1, 0.15) is 33.9 Å². The minimum absolute atomic E-state index is 0.00420. The Kier molecular flexibility index (Phi) is 6.59. The van der Waals surface area contributed by atoms with Crippen molar-refractivity contribution in [1.29, 1.82) is 0 Å². The summed E-state index contributed by atoms with van der Waals surface area (Å²) < 4.78 is 10.7. The molecule has 0 saturated carbocycles. The van der Waals surface area contributed by atoms with Crippen molar-refractivity contribution >= 4 is 34.7 Å². The van der Waals surface area contributed by atoms with Gasteiger partial charge in [0, 0.05) is 16.3 Å². The number of carbonyl (C=O) groups excluding carboxylic acids is 2. The second-order valence-corrected chi connectivity index (χ2v) is 8.92. The topological polar surface area (TPSA) is 76.1 Å². The second-order valence-electron chi connectivity index (χ2n) is 8.51. The highest BCUT2D eigenvalue weighted by molar-refractivity contribution is 6.51. The molecule has 1 aliphatic rings. The highest BCUT2D eigenvalue weighted by atomic mass is 35.5. The number of aryl methyl sites for hydroxylation is 3. The minimum atomic E-state index is -0.860. The van der Waals surface area contributed by atoms with Crippen LogP contribution in [0.15, 0.2) is 60.2 Å². The highest BCUT2D eigenvalue weighted by Gasteiger charge is 2.47. The van der Waals surface area contributed by atoms with Crippen LogP contribution in [0.2, 0.25) is 5.02 Å². The predicted molar refractivity (Wildman–Crippen MR) is 136 cm³/mol. The molecule has 1 aliphatic heterocycles. The van der Waals surface area contributed by atoms with Crippen molar-refractivity contribution in [2.24, 2.45) is 0 Å². The number of amides is 1. The van der Waals surface area contributed by atoms with Gasteiger partial charge in [-0.3, -0.25) is 14.5 Å². The smallest absolute Gasteiger partial charge is 0.300 e. The van der Waals surface area contributed by atoms with Crippen molar-refractivity contribution in [3.05, 3.63) is 93.0 Å². The summed E-state index contributed by atoms with van der Waals surface area (Å²) in [5.74, 6) is -0.456. The van der Waals surface area contributed by atoms with Gasteiger partial charge in [-0.2, -0.15) is 0 Å². The lowest BCUT2D eigenvalue weighted by Gasteiger charge is -2.26. The molecule has 0 radical (unpaired) electrons. The van der Waals surface area contributed by atoms with E-state index < -0.39 is 17.7 Å². The zero-order chi connectivity index (χ0) is 25.4. The van der Waals surface area contributed by atoms with Crippen molar-refractivity contribution in [3.63, 3.8) is 0 Å². The van der Waals surface area contributed by atoms with Gasteiger partial charge >= 0.3 is 0 Å². The molecule has 180 valence electrons. The summed E-state index contributed by atoms with van der Waals surface area (Å²) in [5, 5.41) is 11.9. The Morgan fingerprint density at radius 1 is 0.886 bits per heavy atom. The van der Waals surface area contributed by atoms with E-state index >= 15 is 0 Å². The highest BCUT2D eigenvalue weighted by Crippen LogP contribution is 2.44. The Labute approximate surface area is 209 Å². The largest absolute Gasteiger partial charge is 0.507 e. The van der Waals surface area contributed by atoms with Gasteiger partial charge in [0.15, 0.2) is 0 Å². The SMILES string of the molecule is COc1ccc(C2/C(=C(\O)c3cc(C)c(OC)cc3C)C(=O)C(=O)N2c2ccc(C)c(Cl)c2)cc1. The first-order valence-electron chi connectivity index (χ1n) is 11.0. The summed E-state index contributed by atoms with van der Waals surface area (Å²) in [4.78, 5) is 28.1. The Morgan fingerprint density at radius 2 is 1.57 bits per heavy atom. The fourth-order valence-electron chi connectivity index (χ4n) is 4.34. The van der Waals surface area contributed by atoms with Gasteiger partial charge in [0.25, 0.3) is 11.7 Å². The first-order chi connectivity index (χ1) is 16.7. The van der Waals surface area contributed by atoms with Crippen LogP contribution in [0.5, 0.6) is 11.5 Å². The van der Waals surface area contributed by atoms with Crippen molar-refractivity contribution in [3.8, 4) is 11.5 Å². The van der Waals surface area contributed by atoms with Crippen molar-refractivity contribution in [2.75, 3.05) is 19.1 Å². The third-order valence-electron chi connectivity index (χ3n) is 6.31. The van der Waals surface area contributed by atoms with Crippen molar-refractivity contribution in [2.45, 2.75) is 26.8 Å². The van der Waals surface area contributed by atoms with E-state index in [9.17, 15) is 14.7 Å². The van der Waals surface area contributed by atoms with E-state index in [1.807, 2.05) is 20.8 Å². The predicted octanol–water partition coefficient (Wildman–Crippen LogP) is 5.91. The number of ether oxygens (including phenoxy) is 2. The molecule has 4 rings (SSSR count). The summed E-state index contributed by atoms with van der Waals surface area (Å²) >= 11 is 6.36. The number of rotatable bonds is 5. The second kappa shape index (κ2) is 9.47. The molecule has 1 atom stereocenters. The number of nitrogens with zero attached hydrogens (tertiary/aromatic N) is 1. The molecule has 1 heterocycles. The first-order valence-corrected chi connectivity index (χ1v) is 11.4. The lowest BCUT2D eigenvalue weighted by Crippen LogP contribution is -2.29. The maximum atomic E-state index is 13.4. The van der Waals surface area contributed by atoms with E-state index in [1.54, 1.807) is 68.8 Å². The number of benzene rings is 3. The quantitative estimate of drug-likeness (QED) is 0.273. The Bertz CT molecular complexity index is 1360. The van der Waals surface area contributed by atoms with Crippen molar-refractivity contribution < 1.29 is 24.2 Å². The molecule has 3 aromatic rings. The van der Waals surface area contributed by atoms with Gasteiger partial charge in [0.2, 0.25) is 0 Å². The van der Waals surface area contributed by atoms with Gasteiger partial charge in [-0.25, -0.2) is 0 Å². The molecule has 0 aromatic heterocycles. The summed E-state index contributed by atoms with van der Waals surface area (Å²) in [6, 6.07) is 14.9. The molecule has 1 fully saturated rings. The molecule has 0 aliphatic carbocycles. The molecule has 1 N–H and O–H groups in total. The Morgan fingerprint density at radius 3 is 2.17 bits per heavy atom. The van der Waals surface area contributed by atoms with Crippen LogP contribution in [0.4, 0.5) is 5.69 Å². The third-order valence-corrected chi connectivity index (χ3v) is 6.71. The average molecular weight is 492 g/mol. The summed E-state index contributed by atoms with van der Waals surface area (Å²) in [6.07, 6.45) is 0. The lowest BCUT2D eigenvalue weighted by atomic mass is 9.93. The Balaban J connectivity index is 1.97. The number of methoxy groups -OCH3 is 2. The fraction of sp³-hybridized carbons (Fsp3) is 0.214. The summed E-state index contributed by atoms with van der Waals surface area (Å²) in [5.41, 5.74) is 3.92. The van der Waals surface area contributed by atoms with Crippen molar-refractivity contribution in [1.82, 2.24) is 0 Å². The minimum Gasteiger partial charge on any atom is -0.507 e. The summed E-state index contributed by atoms with van der Waals surface area (Å²) in [6.45, 7) is 5.52. The van der Waals surface area contributed by atoms with E-state index in [4.69, 9.17) is 21.1 Å². The average Bonchev–Trinajstić information content (AvgIpc) is 3.12. The number of aliphatic hydroxyl groups excluding tert-OH is 1. The number of ketones is 1. The van der Waals surface area contributed by atoms with Gasteiger partial charge in [-0.05, 0) is 79.4 Å². The van der Waals surface area contributed by atoms with Gasteiger partial charge < -0.3 is 14.6 Å². The standard InChI is InChI=1S/C28H26ClNO5/c1-15-6-9-19(14-22(15)29)30-25(18-7-10-20(34-4)11-8-18)24(27(32)28(30)33)26(31)21-12-17(3)23(35-5)13-16(21)2/h6-14,25,31H,1-5H3/b26-24+. The van der Waals surface area contributed by atoms with Crippen LogP contribution >= 0.6 is 11.6 Å². The molecule has 1 saturated heterocycles. The monoisotopic (exact) mass is 491 g/mol. The van der Waals surface area contributed by atoms with Gasteiger partial charge in [0.05, 0.1) is 25.8 Å². The summed E-state index contributed by atoms with van der Waals surface area (Å²) in [7, 11) is 3.13. The van der Waals surface area contributed by atoms with Gasteiger partial charge in [-0.1, -0.05) is 29.8 Å². The number of aliphatic hydroxyl groups is 1. The van der Waals surface area contributed by atoms with Crippen LogP contribution in [0.25, 0.3) is 5.76 Å². The van der Waals surface area contributed by atoms with E-state index in [0.717, 1.165) is 11.1 Å². The number of carbonyl (C=O) groups is 2. The van der Waals surface area contributed by atoms with Crippen LogP contribution in [-0.4, -0.2) is 31.0 Å². The third kappa shape index (κ3) is 4.26. The van der Waals surface area contributed by atoms with Gasteiger partial charge in [0.1, 0.15) is 17.3 Å². The maximum absolute atomic E-state index is 13.4. The van der Waals surface area contributed by atoms with E-state index in [1.165, 1.54) is 4.90 Å². The molecule has 0 bridgehead atoms. The van der Waals surface area contributed by atoms with Crippen LogP contribution in [0.3, 0.4) is 0 Å². The number of hydrogen-bond donors (Lipinski definition) is 1. The normalized spacial score (nSPS) is 17.1. The maximum Gasteiger partial charge on any atom is 0.300 e. The molecule has 6 nitrogen and oxygen atoms in total. The van der Waals surface area contributed by atoms with Crippen LogP contribution < -0.4 is 14.4 Å². The Hall–Kier alpha value is -3.77. The first kappa shape index (κ1) is 24.4. The molecular weight excluding hydrogens is 466 g/mol. The molecule has 35 heavy (non-hydrogen) atoms. The molecular formula is C28H26ClNO5. The number of Topliss-reactive ketones (excluding diaryl/α,β-unsaturated/α-hetero) is 1. The van der Waals surface area contributed by atoms with E-state index in [2.05, 4.69) is 0 Å². The molecule has 1 amide bonds. The molecule has 7 heteroatoms. The number of halogens is 1. The molecule has 1 unspecified atom stereocenters. The lowest BCUT2D eigenvalue weighted by molar-refractivity contribution is -0.132. The van der Waals surface area contributed by atoms with Gasteiger partial charge in [-0.15, -0.1) is 0 Å². The number of anilines is 1. The fourth-order valence-corrected chi connectivity index (χ4v) is 4.52.